The van der Waals surface area contributed by atoms with Crippen LogP contribution < -0.4 is 5.32 Å². The third kappa shape index (κ3) is 2.55. The van der Waals surface area contributed by atoms with Gasteiger partial charge in [0, 0.05) is 11.4 Å². The molecular weight excluding hydrogens is 218 g/mol. The summed E-state index contributed by atoms with van der Waals surface area (Å²) >= 11 is 1.77. The molecule has 0 spiro atoms. The molecule has 2 rings (SSSR count). The van der Waals surface area contributed by atoms with E-state index in [0.717, 1.165) is 28.0 Å². The number of hydrogen-bond acceptors (Lipinski definition) is 4. The van der Waals surface area contributed by atoms with Crippen LogP contribution in [-0.4, -0.2) is 21.4 Å². The Labute approximate surface area is 101 Å². The van der Waals surface area contributed by atoms with Gasteiger partial charge in [-0.05, 0) is 39.8 Å². The first-order valence-corrected chi connectivity index (χ1v) is 6.39. The van der Waals surface area contributed by atoms with E-state index in [4.69, 9.17) is 0 Å². The fraction of sp³-hybridized carbons (Fsp3) is 0.500. The van der Waals surface area contributed by atoms with E-state index in [1.807, 2.05) is 19.9 Å². The fourth-order valence-electron chi connectivity index (χ4n) is 1.58. The molecule has 4 heteroatoms. The molecule has 1 aromatic rings. The number of aryl methyl sites for hydroxylation is 2. The molecule has 1 aliphatic rings. The third-order valence-electron chi connectivity index (χ3n) is 2.43. The molecule has 0 saturated heterocycles. The zero-order valence-corrected chi connectivity index (χ0v) is 11.0. The van der Waals surface area contributed by atoms with Gasteiger partial charge >= 0.3 is 0 Å². The maximum absolute atomic E-state index is 4.62. The first-order chi connectivity index (χ1) is 7.46. The van der Waals surface area contributed by atoms with Crippen molar-refractivity contribution in [3.05, 3.63) is 23.5 Å². The number of hydrogen-bond donors (Lipinski definition) is 1. The molecule has 1 aliphatic heterocycles. The summed E-state index contributed by atoms with van der Waals surface area (Å²) in [4.78, 5) is 9.05. The van der Waals surface area contributed by atoms with Crippen molar-refractivity contribution < 1.29 is 0 Å². The molecule has 0 amide bonds. The van der Waals surface area contributed by atoms with Gasteiger partial charge in [-0.1, -0.05) is 11.8 Å². The van der Waals surface area contributed by atoms with Crippen molar-refractivity contribution in [1.82, 2.24) is 4.98 Å². The summed E-state index contributed by atoms with van der Waals surface area (Å²) < 4.78 is 0. The van der Waals surface area contributed by atoms with Crippen LogP contribution in [0.25, 0.3) is 0 Å². The van der Waals surface area contributed by atoms with Crippen LogP contribution in [0.15, 0.2) is 17.1 Å². The highest BCUT2D eigenvalue weighted by molar-refractivity contribution is 8.14. The first-order valence-electron chi connectivity index (χ1n) is 5.40. The highest BCUT2D eigenvalue weighted by Gasteiger charge is 2.25. The van der Waals surface area contributed by atoms with E-state index < -0.39 is 0 Å². The minimum Gasteiger partial charge on any atom is -0.333 e. The van der Waals surface area contributed by atoms with E-state index in [0.29, 0.717) is 0 Å². The van der Waals surface area contributed by atoms with Gasteiger partial charge in [0.2, 0.25) is 0 Å². The molecule has 0 fully saturated rings. The molecule has 0 saturated carbocycles. The van der Waals surface area contributed by atoms with Crippen LogP contribution in [-0.2, 0) is 0 Å². The number of aromatic nitrogens is 1. The van der Waals surface area contributed by atoms with Gasteiger partial charge in [-0.25, -0.2) is 0 Å². The molecule has 16 heavy (non-hydrogen) atoms. The average molecular weight is 235 g/mol. The van der Waals surface area contributed by atoms with Crippen LogP contribution in [0.5, 0.6) is 0 Å². The Kier molecular flexibility index (Phi) is 2.93. The van der Waals surface area contributed by atoms with Gasteiger partial charge < -0.3 is 5.32 Å². The zero-order valence-electron chi connectivity index (χ0n) is 10.2. The van der Waals surface area contributed by atoms with E-state index >= 15 is 0 Å². The van der Waals surface area contributed by atoms with E-state index in [1.54, 1.807) is 11.8 Å². The van der Waals surface area contributed by atoms with E-state index in [-0.39, 0.29) is 5.54 Å². The molecule has 0 bridgehead atoms. The van der Waals surface area contributed by atoms with Crippen molar-refractivity contribution in [2.75, 3.05) is 11.1 Å². The summed E-state index contributed by atoms with van der Waals surface area (Å²) in [6.07, 6.45) is 0. The summed E-state index contributed by atoms with van der Waals surface area (Å²) in [5, 5.41) is 4.34. The number of rotatable bonds is 1. The van der Waals surface area contributed by atoms with E-state index in [1.165, 1.54) is 0 Å². The Morgan fingerprint density at radius 1 is 1.31 bits per heavy atom. The largest absolute Gasteiger partial charge is 0.333 e. The second kappa shape index (κ2) is 4.09. The molecule has 2 heterocycles. The number of pyridine rings is 1. The highest BCUT2D eigenvalue weighted by Crippen LogP contribution is 2.28. The average Bonchev–Trinajstić information content (AvgIpc) is 2.51. The maximum atomic E-state index is 4.62. The first kappa shape index (κ1) is 11.5. The predicted molar refractivity (Wildman–Crippen MR) is 71.3 cm³/mol. The number of amidine groups is 1. The van der Waals surface area contributed by atoms with Gasteiger partial charge in [-0.15, -0.1) is 0 Å². The quantitative estimate of drug-likeness (QED) is 0.813. The van der Waals surface area contributed by atoms with Crippen molar-refractivity contribution in [3.8, 4) is 0 Å². The lowest BCUT2D eigenvalue weighted by atomic mass is 10.1. The van der Waals surface area contributed by atoms with Crippen molar-refractivity contribution in [2.45, 2.75) is 33.2 Å². The van der Waals surface area contributed by atoms with Gasteiger partial charge in [0.05, 0.1) is 16.9 Å². The van der Waals surface area contributed by atoms with Crippen molar-refractivity contribution >= 4 is 22.6 Å². The van der Waals surface area contributed by atoms with E-state index in [2.05, 4.69) is 35.2 Å². The van der Waals surface area contributed by atoms with Crippen molar-refractivity contribution in [3.63, 3.8) is 0 Å². The van der Waals surface area contributed by atoms with Gasteiger partial charge in [-0.3, -0.25) is 9.98 Å². The number of nitrogens with zero attached hydrogens (tertiary/aromatic N) is 2. The van der Waals surface area contributed by atoms with Crippen LogP contribution in [0.3, 0.4) is 0 Å². The van der Waals surface area contributed by atoms with Gasteiger partial charge in [0.25, 0.3) is 0 Å². The number of aliphatic imine (C=N–C) groups is 1. The Balaban J connectivity index is 2.16. The lowest BCUT2D eigenvalue weighted by molar-refractivity contribution is 0.605. The molecule has 3 nitrogen and oxygen atoms in total. The normalized spacial score (nSPS) is 18.4. The van der Waals surface area contributed by atoms with Gasteiger partial charge in [-0.2, -0.15) is 0 Å². The van der Waals surface area contributed by atoms with Crippen LogP contribution in [0.4, 0.5) is 5.69 Å². The van der Waals surface area contributed by atoms with Gasteiger partial charge in [0.15, 0.2) is 5.17 Å². The van der Waals surface area contributed by atoms with Crippen LogP contribution >= 0.6 is 11.8 Å². The molecule has 86 valence electrons. The standard InChI is InChI=1S/C12H17N3S/c1-8-5-6-10(9(2)13-8)14-11-15-12(3,4)7-16-11/h5-6H,7H2,1-4H3,(H,14,15). The maximum Gasteiger partial charge on any atom is 0.161 e. The highest BCUT2D eigenvalue weighted by atomic mass is 32.2. The Morgan fingerprint density at radius 2 is 2.06 bits per heavy atom. The molecule has 1 N–H and O–H groups in total. The molecular formula is C12H17N3S. The number of anilines is 1. The Bertz CT molecular complexity index is 438. The third-order valence-corrected chi connectivity index (χ3v) is 3.75. The molecule has 0 atom stereocenters. The summed E-state index contributed by atoms with van der Waals surface area (Å²) in [5.41, 5.74) is 3.17. The molecule has 1 aromatic heterocycles. The lowest BCUT2D eigenvalue weighted by Gasteiger charge is -2.10. The number of nitrogens with one attached hydrogen (secondary N) is 1. The second-order valence-corrected chi connectivity index (χ2v) is 5.69. The lowest BCUT2D eigenvalue weighted by Crippen LogP contribution is -2.15. The summed E-state index contributed by atoms with van der Waals surface area (Å²) in [5.74, 6) is 1.04. The van der Waals surface area contributed by atoms with Crippen LogP contribution in [0.1, 0.15) is 25.2 Å². The van der Waals surface area contributed by atoms with Crippen molar-refractivity contribution in [1.29, 1.82) is 0 Å². The monoisotopic (exact) mass is 235 g/mol. The minimum atomic E-state index is 0.0546. The van der Waals surface area contributed by atoms with Crippen LogP contribution in [0.2, 0.25) is 0 Å². The minimum absolute atomic E-state index is 0.0546. The predicted octanol–water partition coefficient (Wildman–Crippen LogP) is 2.99. The molecule has 0 aromatic carbocycles. The second-order valence-electron chi connectivity index (χ2n) is 4.73. The Hall–Kier alpha value is -1.03. The van der Waals surface area contributed by atoms with Crippen LogP contribution in [0, 0.1) is 13.8 Å². The fourth-order valence-corrected chi connectivity index (χ4v) is 2.63. The SMILES string of the molecule is Cc1ccc(NC2=NC(C)(C)CS2)c(C)n1. The topological polar surface area (TPSA) is 37.3 Å². The summed E-state index contributed by atoms with van der Waals surface area (Å²) in [6.45, 7) is 8.31. The molecule has 0 unspecified atom stereocenters. The zero-order chi connectivity index (χ0) is 11.8. The summed E-state index contributed by atoms with van der Waals surface area (Å²) in [6, 6.07) is 4.08. The Morgan fingerprint density at radius 3 is 2.62 bits per heavy atom. The smallest absolute Gasteiger partial charge is 0.161 e. The number of thioether (sulfide) groups is 1. The van der Waals surface area contributed by atoms with Crippen molar-refractivity contribution in [2.24, 2.45) is 4.99 Å². The molecule has 0 aliphatic carbocycles. The van der Waals surface area contributed by atoms with Gasteiger partial charge in [0.1, 0.15) is 0 Å². The van der Waals surface area contributed by atoms with E-state index in [9.17, 15) is 0 Å². The molecule has 0 radical (unpaired) electrons. The summed E-state index contributed by atoms with van der Waals surface area (Å²) in [7, 11) is 0.